The molecule has 1 rings (SSSR count). The van der Waals surface area contributed by atoms with Gasteiger partial charge in [0.2, 0.25) is 5.91 Å². The van der Waals surface area contributed by atoms with E-state index in [9.17, 15) is 19.7 Å². The lowest BCUT2D eigenvalue weighted by molar-refractivity contribution is -0.385. The number of carbonyl (C=O) groups is 2. The lowest BCUT2D eigenvalue weighted by Gasteiger charge is -2.07. The van der Waals surface area contributed by atoms with Gasteiger partial charge in [-0.3, -0.25) is 19.7 Å². The molecule has 92 valence electrons. The smallest absolute Gasteiger partial charge is 0.284 e. The van der Waals surface area contributed by atoms with E-state index in [1.165, 1.54) is 12.1 Å². The molecule has 0 spiro atoms. The van der Waals surface area contributed by atoms with Crippen LogP contribution >= 0.6 is 0 Å². The standard InChI is InChI=1S/C10H8N4O4/c11-5-4-8(15)13-6-2-1-3-7(14(17)18)9(6)10(12)16/h1-3H,4H2,(H2,12,16)(H,13,15). The first-order valence-corrected chi connectivity index (χ1v) is 4.71. The average Bonchev–Trinajstić information content (AvgIpc) is 2.28. The van der Waals surface area contributed by atoms with Crippen molar-refractivity contribution in [3.8, 4) is 6.07 Å². The Morgan fingerprint density at radius 1 is 1.50 bits per heavy atom. The zero-order valence-corrected chi connectivity index (χ0v) is 9.04. The van der Waals surface area contributed by atoms with Crippen molar-refractivity contribution < 1.29 is 14.5 Å². The minimum Gasteiger partial charge on any atom is -0.365 e. The van der Waals surface area contributed by atoms with E-state index in [4.69, 9.17) is 11.0 Å². The van der Waals surface area contributed by atoms with Crippen molar-refractivity contribution in [3.63, 3.8) is 0 Å². The molecule has 0 radical (unpaired) electrons. The lowest BCUT2D eigenvalue weighted by atomic mass is 10.1. The maximum atomic E-state index is 11.2. The van der Waals surface area contributed by atoms with Gasteiger partial charge in [0.25, 0.3) is 11.6 Å². The van der Waals surface area contributed by atoms with Crippen LogP contribution in [0.3, 0.4) is 0 Å². The topological polar surface area (TPSA) is 139 Å². The summed E-state index contributed by atoms with van der Waals surface area (Å²) in [4.78, 5) is 32.3. The molecule has 0 aromatic heterocycles. The van der Waals surface area contributed by atoms with Crippen LogP contribution in [0.1, 0.15) is 16.8 Å². The average molecular weight is 248 g/mol. The second kappa shape index (κ2) is 5.40. The van der Waals surface area contributed by atoms with Crippen molar-refractivity contribution >= 4 is 23.2 Å². The second-order valence-electron chi connectivity index (χ2n) is 3.20. The predicted octanol–water partition coefficient (Wildman–Crippen LogP) is 0.546. The summed E-state index contributed by atoms with van der Waals surface area (Å²) < 4.78 is 0. The van der Waals surface area contributed by atoms with Gasteiger partial charge in [-0.05, 0) is 6.07 Å². The number of carbonyl (C=O) groups excluding carboxylic acids is 2. The lowest BCUT2D eigenvalue weighted by Crippen LogP contribution is -2.19. The molecule has 0 saturated heterocycles. The van der Waals surface area contributed by atoms with E-state index < -0.39 is 34.4 Å². The zero-order chi connectivity index (χ0) is 13.7. The van der Waals surface area contributed by atoms with Gasteiger partial charge in [0, 0.05) is 6.07 Å². The number of nitrogens with one attached hydrogen (secondary N) is 1. The number of anilines is 1. The van der Waals surface area contributed by atoms with Gasteiger partial charge in [-0.15, -0.1) is 0 Å². The highest BCUT2D eigenvalue weighted by atomic mass is 16.6. The SMILES string of the molecule is N#CCC(=O)Nc1cccc([N+](=O)[O-])c1C(N)=O. The first-order valence-electron chi connectivity index (χ1n) is 4.71. The van der Waals surface area contributed by atoms with Crippen LogP contribution in [0.25, 0.3) is 0 Å². The zero-order valence-electron chi connectivity index (χ0n) is 9.04. The number of amides is 2. The van der Waals surface area contributed by atoms with Gasteiger partial charge in [-0.1, -0.05) is 6.07 Å². The molecular weight excluding hydrogens is 240 g/mol. The number of primary amides is 1. The van der Waals surface area contributed by atoms with Gasteiger partial charge < -0.3 is 11.1 Å². The van der Waals surface area contributed by atoms with Crippen molar-refractivity contribution in [1.82, 2.24) is 0 Å². The van der Waals surface area contributed by atoms with Gasteiger partial charge >= 0.3 is 0 Å². The molecule has 1 aromatic rings. The Morgan fingerprint density at radius 3 is 2.67 bits per heavy atom. The van der Waals surface area contributed by atoms with E-state index in [1.807, 2.05) is 0 Å². The molecule has 0 atom stereocenters. The maximum Gasteiger partial charge on any atom is 0.284 e. The van der Waals surface area contributed by atoms with Crippen LogP contribution < -0.4 is 11.1 Å². The third-order valence-electron chi connectivity index (χ3n) is 2.00. The molecule has 0 unspecified atom stereocenters. The summed E-state index contributed by atoms with van der Waals surface area (Å²) in [6, 6.07) is 5.30. The van der Waals surface area contributed by atoms with Gasteiger partial charge in [-0.2, -0.15) is 5.26 Å². The highest BCUT2D eigenvalue weighted by molar-refractivity contribution is 6.06. The fraction of sp³-hybridized carbons (Fsp3) is 0.100. The molecule has 0 bridgehead atoms. The second-order valence-corrected chi connectivity index (χ2v) is 3.20. The van der Waals surface area contributed by atoms with Gasteiger partial charge in [0.1, 0.15) is 12.0 Å². The van der Waals surface area contributed by atoms with Crippen LogP contribution in [0.15, 0.2) is 18.2 Å². The number of benzene rings is 1. The number of nitrogens with two attached hydrogens (primary N) is 1. The summed E-state index contributed by atoms with van der Waals surface area (Å²) in [5.41, 5.74) is 4.06. The van der Waals surface area contributed by atoms with Crippen LogP contribution in [0.5, 0.6) is 0 Å². The molecule has 0 aliphatic heterocycles. The predicted molar refractivity (Wildman–Crippen MR) is 60.5 cm³/mol. The van der Waals surface area contributed by atoms with Crippen LogP contribution in [0.2, 0.25) is 0 Å². The molecule has 1 aromatic carbocycles. The van der Waals surface area contributed by atoms with Gasteiger partial charge in [0.05, 0.1) is 16.7 Å². The molecule has 0 aliphatic rings. The number of hydrogen-bond donors (Lipinski definition) is 2. The molecule has 3 N–H and O–H groups in total. The summed E-state index contributed by atoms with van der Waals surface area (Å²) in [6.45, 7) is 0. The Hall–Kier alpha value is -2.95. The Morgan fingerprint density at radius 2 is 2.17 bits per heavy atom. The molecule has 18 heavy (non-hydrogen) atoms. The molecule has 2 amide bonds. The Bertz CT molecular complexity index is 561. The summed E-state index contributed by atoms with van der Waals surface area (Å²) in [5, 5.41) is 21.3. The third kappa shape index (κ3) is 2.79. The van der Waals surface area contributed by atoms with Gasteiger partial charge in [-0.25, -0.2) is 0 Å². The Labute approximate surface area is 101 Å². The van der Waals surface area contributed by atoms with E-state index in [0.29, 0.717) is 0 Å². The number of nitro groups is 1. The Balaban J connectivity index is 3.24. The third-order valence-corrected chi connectivity index (χ3v) is 2.00. The molecular formula is C10H8N4O4. The van der Waals surface area contributed by atoms with Crippen molar-refractivity contribution in [2.45, 2.75) is 6.42 Å². The fourth-order valence-electron chi connectivity index (χ4n) is 1.32. The Kier molecular flexibility index (Phi) is 3.93. The summed E-state index contributed by atoms with van der Waals surface area (Å²) in [5.74, 6) is -1.71. The first-order chi connectivity index (χ1) is 8.47. The van der Waals surface area contributed by atoms with E-state index >= 15 is 0 Å². The molecule has 0 saturated carbocycles. The van der Waals surface area contributed by atoms with Crippen molar-refractivity contribution in [2.24, 2.45) is 5.73 Å². The largest absolute Gasteiger partial charge is 0.365 e. The maximum absolute atomic E-state index is 11.2. The van der Waals surface area contributed by atoms with E-state index in [-0.39, 0.29) is 5.69 Å². The van der Waals surface area contributed by atoms with E-state index in [0.717, 1.165) is 6.07 Å². The molecule has 0 heterocycles. The minimum atomic E-state index is -1.03. The van der Waals surface area contributed by atoms with Crippen LogP contribution in [0.4, 0.5) is 11.4 Å². The molecule has 8 nitrogen and oxygen atoms in total. The number of nitrogens with zero attached hydrogens (tertiary/aromatic N) is 2. The number of rotatable bonds is 4. The number of nitro benzene ring substituents is 1. The van der Waals surface area contributed by atoms with Crippen LogP contribution in [-0.4, -0.2) is 16.7 Å². The number of hydrogen-bond acceptors (Lipinski definition) is 5. The van der Waals surface area contributed by atoms with E-state index in [2.05, 4.69) is 5.32 Å². The van der Waals surface area contributed by atoms with E-state index in [1.54, 1.807) is 6.07 Å². The first kappa shape index (κ1) is 13.1. The van der Waals surface area contributed by atoms with Gasteiger partial charge in [0.15, 0.2) is 0 Å². The highest BCUT2D eigenvalue weighted by Gasteiger charge is 2.22. The molecule has 0 fully saturated rings. The van der Waals surface area contributed by atoms with Crippen LogP contribution in [-0.2, 0) is 4.79 Å². The molecule has 8 heteroatoms. The quantitative estimate of drug-likeness (QED) is 0.591. The fourth-order valence-corrected chi connectivity index (χ4v) is 1.32. The molecule has 0 aliphatic carbocycles. The van der Waals surface area contributed by atoms with Crippen LogP contribution in [0, 0.1) is 21.4 Å². The number of nitriles is 1. The summed E-state index contributed by atoms with van der Waals surface area (Å²) in [7, 11) is 0. The highest BCUT2D eigenvalue weighted by Crippen LogP contribution is 2.25. The summed E-state index contributed by atoms with van der Waals surface area (Å²) in [6.07, 6.45) is -0.430. The normalized spacial score (nSPS) is 9.28. The monoisotopic (exact) mass is 248 g/mol. The van der Waals surface area contributed by atoms with Crippen molar-refractivity contribution in [3.05, 3.63) is 33.9 Å². The minimum absolute atomic E-state index is 0.0862. The van der Waals surface area contributed by atoms with Crippen molar-refractivity contribution in [2.75, 3.05) is 5.32 Å². The van der Waals surface area contributed by atoms with Crippen molar-refractivity contribution in [1.29, 1.82) is 5.26 Å². The summed E-state index contributed by atoms with van der Waals surface area (Å²) >= 11 is 0.